The maximum absolute atomic E-state index is 11.5. The number of nitro groups is 1. The topological polar surface area (TPSA) is 253 Å². The molecule has 17 heteroatoms. The lowest BCUT2D eigenvalue weighted by Gasteiger charge is -2.11. The number of carbonyl (C=O) groups excluding carboxylic acids is 8. The second-order valence-corrected chi connectivity index (χ2v) is 7.32. The van der Waals surface area contributed by atoms with Crippen LogP contribution in [0, 0.1) is 10.1 Å². The molecule has 16 nitrogen and oxygen atoms in total. The Labute approximate surface area is 247 Å². The van der Waals surface area contributed by atoms with Gasteiger partial charge in [-0.3, -0.25) is 19.7 Å². The van der Waals surface area contributed by atoms with Crippen LogP contribution in [-0.2, 0) is 28.8 Å². The summed E-state index contributed by atoms with van der Waals surface area (Å²) in [6.07, 6.45) is 3.39. The lowest BCUT2D eigenvalue weighted by Crippen LogP contribution is -2.21. The SMILES string of the molecule is CCCC.CN(C)C(=O)c1cccc(N)c1O.CN(C)C(=O)c1cccc([N+](=O)[O-])c1O.Cl.O=C=O.O=C=O.O=C=O. The van der Waals surface area contributed by atoms with Crippen LogP contribution in [0.2, 0.25) is 0 Å². The summed E-state index contributed by atoms with van der Waals surface area (Å²) in [6.45, 7) is 4.36. The van der Waals surface area contributed by atoms with E-state index in [1.54, 1.807) is 26.2 Å². The van der Waals surface area contributed by atoms with Crippen LogP contribution in [0.25, 0.3) is 0 Å². The Morgan fingerprint density at radius 1 is 0.762 bits per heavy atom. The molecule has 0 spiro atoms. The molecule has 0 radical (unpaired) electrons. The minimum absolute atomic E-state index is 0. The third-order valence-electron chi connectivity index (χ3n) is 4.05. The summed E-state index contributed by atoms with van der Waals surface area (Å²) in [7, 11) is 6.23. The van der Waals surface area contributed by atoms with E-state index in [0.29, 0.717) is 0 Å². The van der Waals surface area contributed by atoms with E-state index in [2.05, 4.69) is 13.8 Å². The molecule has 0 fully saturated rings. The van der Waals surface area contributed by atoms with E-state index in [1.165, 1.54) is 54.9 Å². The average Bonchev–Trinajstić information content (AvgIpc) is 2.91. The maximum Gasteiger partial charge on any atom is 0.373 e. The number of aromatic hydroxyl groups is 2. The number of nitrogen functional groups attached to an aromatic ring is 1. The van der Waals surface area contributed by atoms with Gasteiger partial charge in [0.1, 0.15) is 0 Å². The first-order chi connectivity index (χ1) is 19.1. The minimum atomic E-state index is -0.734. The van der Waals surface area contributed by atoms with Gasteiger partial charge < -0.3 is 25.7 Å². The number of halogens is 1. The highest BCUT2D eigenvalue weighted by Crippen LogP contribution is 2.29. The molecule has 0 aromatic heterocycles. The van der Waals surface area contributed by atoms with Gasteiger partial charge >= 0.3 is 24.1 Å². The summed E-state index contributed by atoms with van der Waals surface area (Å²) in [4.78, 5) is 84.0. The molecule has 4 N–H and O–H groups in total. The zero-order valence-corrected chi connectivity index (χ0v) is 24.5. The minimum Gasteiger partial charge on any atom is -0.505 e. The molecule has 0 unspecified atom stereocenters. The first-order valence-corrected chi connectivity index (χ1v) is 11.1. The maximum atomic E-state index is 11.5. The van der Waals surface area contributed by atoms with Crippen LogP contribution in [0.5, 0.6) is 11.5 Å². The molecule has 0 aliphatic heterocycles. The molecule has 0 saturated carbocycles. The largest absolute Gasteiger partial charge is 0.505 e. The fourth-order valence-corrected chi connectivity index (χ4v) is 2.07. The first kappa shape index (κ1) is 46.5. The lowest BCUT2D eigenvalue weighted by molar-refractivity contribution is -0.385. The van der Waals surface area contributed by atoms with Crippen LogP contribution in [0.1, 0.15) is 47.4 Å². The second kappa shape index (κ2) is 28.6. The normalized spacial score (nSPS) is 7.76. The van der Waals surface area contributed by atoms with Crippen molar-refractivity contribution in [3.8, 4) is 11.5 Å². The van der Waals surface area contributed by atoms with E-state index >= 15 is 0 Å². The Morgan fingerprint density at radius 3 is 1.36 bits per heavy atom. The molecule has 2 aromatic rings. The number of phenolic OH excluding ortho intramolecular Hbond substituents is 2. The molecule has 2 amide bonds. The molecule has 0 aliphatic rings. The van der Waals surface area contributed by atoms with Crippen LogP contribution >= 0.6 is 12.4 Å². The van der Waals surface area contributed by atoms with E-state index in [0.717, 1.165) is 6.07 Å². The van der Waals surface area contributed by atoms with E-state index in [9.17, 15) is 29.9 Å². The summed E-state index contributed by atoms with van der Waals surface area (Å²) in [5.41, 5.74) is 5.34. The summed E-state index contributed by atoms with van der Waals surface area (Å²) in [6, 6.07) is 8.54. The van der Waals surface area contributed by atoms with E-state index < -0.39 is 22.3 Å². The number of rotatable bonds is 4. The number of hydrogen-bond donors (Lipinski definition) is 3. The van der Waals surface area contributed by atoms with E-state index in [4.69, 9.17) is 34.5 Å². The van der Waals surface area contributed by atoms with Crippen molar-refractivity contribution in [2.75, 3.05) is 33.9 Å². The van der Waals surface area contributed by atoms with Gasteiger partial charge in [0.15, 0.2) is 5.75 Å². The van der Waals surface area contributed by atoms with Gasteiger partial charge in [0.05, 0.1) is 21.7 Å². The van der Waals surface area contributed by atoms with Crippen molar-refractivity contribution in [3.63, 3.8) is 0 Å². The molecule has 0 atom stereocenters. The number of nitrogens with two attached hydrogens (primary N) is 1. The Kier molecular flexibility index (Phi) is 31.7. The van der Waals surface area contributed by atoms with Gasteiger partial charge in [-0.05, 0) is 18.2 Å². The smallest absolute Gasteiger partial charge is 0.373 e. The number of benzene rings is 2. The number of nitro benzene ring substituents is 1. The van der Waals surface area contributed by atoms with Gasteiger partial charge in [0.25, 0.3) is 11.8 Å². The summed E-state index contributed by atoms with van der Waals surface area (Å²) >= 11 is 0. The molecule has 0 saturated heterocycles. The zero-order chi connectivity index (χ0) is 33.1. The van der Waals surface area contributed by atoms with Gasteiger partial charge in [-0.1, -0.05) is 38.8 Å². The standard InChI is InChI=1S/C9H10N2O4.C9H12N2O2.C4H10.3CO2.ClH/c1-10(2)9(13)6-4-3-5-7(8(6)12)11(14)15;1-11(2)9(13)6-4-3-5-7(10)8(6)12;1-3-4-2;3*2-1-3;/h3-5,12H,1-2H3;3-5,12H,10H2,1-2H3;3-4H2,1-2H3;;;;1H. The van der Waals surface area contributed by atoms with Crippen molar-refractivity contribution >= 4 is 54.1 Å². The molecule has 232 valence electrons. The third kappa shape index (κ3) is 20.6. The number of carbonyl (C=O) groups is 2. The highest BCUT2D eigenvalue weighted by atomic mass is 35.5. The monoisotopic (exact) mass is 616 g/mol. The van der Waals surface area contributed by atoms with Crippen molar-refractivity contribution in [2.24, 2.45) is 0 Å². The predicted molar refractivity (Wildman–Crippen MR) is 146 cm³/mol. The van der Waals surface area contributed by atoms with Crippen molar-refractivity contribution < 1.29 is 53.5 Å². The molecule has 0 bridgehead atoms. The van der Waals surface area contributed by atoms with Crippen LogP contribution in [-0.4, -0.2) is 83.4 Å². The highest BCUT2D eigenvalue weighted by molar-refractivity contribution is 5.98. The fourth-order valence-electron chi connectivity index (χ4n) is 2.07. The lowest BCUT2D eigenvalue weighted by atomic mass is 10.1. The van der Waals surface area contributed by atoms with Crippen molar-refractivity contribution in [2.45, 2.75) is 26.7 Å². The van der Waals surface area contributed by atoms with Gasteiger partial charge in [0.2, 0.25) is 5.75 Å². The van der Waals surface area contributed by atoms with Crippen LogP contribution < -0.4 is 5.73 Å². The quantitative estimate of drug-likeness (QED) is 0.193. The molecule has 0 heterocycles. The van der Waals surface area contributed by atoms with Crippen molar-refractivity contribution in [1.82, 2.24) is 9.80 Å². The van der Waals surface area contributed by atoms with Gasteiger partial charge in [-0.2, -0.15) is 28.8 Å². The third-order valence-corrected chi connectivity index (χ3v) is 4.05. The molecule has 2 rings (SSSR count). The highest BCUT2D eigenvalue weighted by Gasteiger charge is 2.21. The summed E-state index contributed by atoms with van der Waals surface area (Å²) in [5, 5.41) is 29.4. The van der Waals surface area contributed by atoms with Crippen LogP contribution in [0.3, 0.4) is 0 Å². The summed E-state index contributed by atoms with van der Waals surface area (Å²) in [5.74, 6) is -1.48. The van der Waals surface area contributed by atoms with Gasteiger partial charge in [-0.25, -0.2) is 0 Å². The molecule has 0 aliphatic carbocycles. The summed E-state index contributed by atoms with van der Waals surface area (Å²) < 4.78 is 0. The Hall–Kier alpha value is -5.39. The van der Waals surface area contributed by atoms with Crippen LogP contribution in [0.15, 0.2) is 36.4 Å². The number of nitrogens with zero attached hydrogens (tertiary/aromatic N) is 3. The molecular weight excluding hydrogens is 584 g/mol. The van der Waals surface area contributed by atoms with Crippen LogP contribution in [0.4, 0.5) is 11.4 Å². The Balaban J connectivity index is -0.000000153. The number of amides is 2. The number of hydrogen-bond acceptors (Lipinski definition) is 13. The van der Waals surface area contributed by atoms with Gasteiger partial charge in [0, 0.05) is 34.3 Å². The fraction of sp³-hybridized carbons (Fsp3) is 0.320. The second-order valence-electron chi connectivity index (χ2n) is 7.32. The molecular formula is C25H33ClN4O12. The predicted octanol–water partition coefficient (Wildman–Crippen LogP) is 2.16. The number of anilines is 1. The molecule has 2 aromatic carbocycles. The average molecular weight is 617 g/mol. The van der Waals surface area contributed by atoms with E-state index in [1.807, 2.05) is 0 Å². The van der Waals surface area contributed by atoms with Crippen molar-refractivity contribution in [3.05, 3.63) is 57.6 Å². The zero-order valence-electron chi connectivity index (χ0n) is 23.7. The number of unbranched alkanes of at least 4 members (excludes halogenated alkanes) is 1. The van der Waals surface area contributed by atoms with E-state index in [-0.39, 0.29) is 59.3 Å². The van der Waals surface area contributed by atoms with Gasteiger partial charge in [-0.15, -0.1) is 12.4 Å². The number of para-hydroxylation sites is 2. The molecule has 42 heavy (non-hydrogen) atoms. The Bertz CT molecular complexity index is 1170. The Morgan fingerprint density at radius 2 is 1.07 bits per heavy atom. The first-order valence-electron chi connectivity index (χ1n) is 11.1. The van der Waals surface area contributed by atoms with Crippen molar-refractivity contribution in [1.29, 1.82) is 0 Å². The number of phenols is 2.